The van der Waals surface area contributed by atoms with E-state index < -0.39 is 5.82 Å². The van der Waals surface area contributed by atoms with Crippen molar-refractivity contribution in [2.24, 2.45) is 12.8 Å². The molecule has 2 aliphatic rings. The summed E-state index contributed by atoms with van der Waals surface area (Å²) in [6.07, 6.45) is 8.07. The van der Waals surface area contributed by atoms with Crippen molar-refractivity contribution in [1.82, 2.24) is 18.9 Å². The number of aromatic nitrogens is 2. The normalized spacial score (nSPS) is 20.1. The number of likely N-dealkylation sites (tertiary alicyclic amines) is 1. The summed E-state index contributed by atoms with van der Waals surface area (Å²) in [5.74, 6) is -0.517. The molecule has 36 heavy (non-hydrogen) atoms. The lowest BCUT2D eigenvalue weighted by atomic mass is 9.95. The van der Waals surface area contributed by atoms with Crippen LogP contribution in [-0.4, -0.2) is 56.3 Å². The highest BCUT2D eigenvalue weighted by atomic mass is 35.5. The van der Waals surface area contributed by atoms with Gasteiger partial charge in [0.15, 0.2) is 0 Å². The van der Waals surface area contributed by atoms with Crippen molar-refractivity contribution in [2.45, 2.75) is 18.9 Å². The molecule has 3 heterocycles. The fourth-order valence-electron chi connectivity index (χ4n) is 4.93. The number of hydrogen-bond acceptors (Lipinski definition) is 5. The average Bonchev–Trinajstić information content (AvgIpc) is 3.35. The second-order valence-corrected chi connectivity index (χ2v) is 10.4. The van der Waals surface area contributed by atoms with Crippen LogP contribution in [0, 0.1) is 5.82 Å². The number of rotatable bonds is 4. The third-order valence-corrected chi connectivity index (χ3v) is 7.16. The fourth-order valence-corrected chi connectivity index (χ4v) is 5.20. The van der Waals surface area contributed by atoms with E-state index in [1.165, 1.54) is 21.3 Å². The van der Waals surface area contributed by atoms with Crippen LogP contribution in [0.4, 0.5) is 4.39 Å². The van der Waals surface area contributed by atoms with Gasteiger partial charge in [-0.1, -0.05) is 17.7 Å². The van der Waals surface area contributed by atoms with E-state index in [0.717, 1.165) is 25.2 Å². The number of allylic oxidation sites excluding steroid dienone is 2. The number of nitrogens with two attached hydrogens (primary N) is 1. The molecule has 2 aromatic carbocycles. The molecule has 0 aliphatic carbocycles. The van der Waals surface area contributed by atoms with Crippen molar-refractivity contribution in [3.8, 4) is 22.6 Å². The van der Waals surface area contributed by atoms with Crippen LogP contribution >= 0.6 is 11.6 Å². The Balaban J connectivity index is 1.54. The van der Waals surface area contributed by atoms with Gasteiger partial charge in [-0.2, -0.15) is 0 Å². The molecule has 1 saturated heterocycles. The van der Waals surface area contributed by atoms with Crippen LogP contribution < -0.4 is 11.4 Å². The molecule has 2 aliphatic heterocycles. The molecular formula is C27H29ClFN5O2. The van der Waals surface area contributed by atoms with Crippen molar-refractivity contribution in [3.63, 3.8) is 0 Å². The van der Waals surface area contributed by atoms with Gasteiger partial charge in [-0.15, -0.1) is 0 Å². The Morgan fingerprint density at radius 3 is 2.53 bits per heavy atom. The van der Waals surface area contributed by atoms with Crippen LogP contribution in [0.25, 0.3) is 22.4 Å². The summed E-state index contributed by atoms with van der Waals surface area (Å²) in [4.78, 5) is 16.6. The summed E-state index contributed by atoms with van der Waals surface area (Å²) in [5.41, 5.74) is 9.40. The first-order valence-corrected chi connectivity index (χ1v) is 12.1. The average molecular weight is 510 g/mol. The zero-order valence-electron chi connectivity index (χ0n) is 20.5. The van der Waals surface area contributed by atoms with Gasteiger partial charge in [-0.05, 0) is 49.2 Å². The molecule has 0 saturated carbocycles. The number of imidazole rings is 1. The Kier molecular flexibility index (Phi) is 5.97. The molecule has 1 aromatic heterocycles. The van der Waals surface area contributed by atoms with Crippen LogP contribution in [0.3, 0.4) is 0 Å². The SMILES string of the molecule is CN1C=C(c2cc(F)cc(-c3ccc(-n4ccn(C)c4=O)c(Cl)c3)c2O)C=C(N2CCC(C)(N)C2)C1. The topological polar surface area (TPSA) is 79.7 Å². The number of aromatic hydroxyl groups is 1. The molecular weight excluding hydrogens is 481 g/mol. The lowest BCUT2D eigenvalue weighted by molar-refractivity contribution is 0.343. The largest absolute Gasteiger partial charge is 0.507 e. The zero-order chi connectivity index (χ0) is 25.8. The van der Waals surface area contributed by atoms with Gasteiger partial charge in [0, 0.05) is 73.7 Å². The van der Waals surface area contributed by atoms with Crippen molar-refractivity contribution in [2.75, 3.05) is 26.7 Å². The summed E-state index contributed by atoms with van der Waals surface area (Å²) in [7, 11) is 3.61. The number of benzene rings is 2. The summed E-state index contributed by atoms with van der Waals surface area (Å²) in [5, 5.41) is 11.6. The molecule has 188 valence electrons. The minimum atomic E-state index is -0.475. The molecule has 3 N–H and O–H groups in total. The Labute approximate surface area is 214 Å². The predicted octanol–water partition coefficient (Wildman–Crippen LogP) is 3.93. The minimum absolute atomic E-state index is 0.0423. The van der Waals surface area contributed by atoms with E-state index in [1.54, 1.807) is 37.6 Å². The highest BCUT2D eigenvalue weighted by Gasteiger charge is 2.32. The predicted molar refractivity (Wildman–Crippen MR) is 141 cm³/mol. The number of nitrogens with zero attached hydrogens (tertiary/aromatic N) is 4. The molecule has 0 bridgehead atoms. The quantitative estimate of drug-likeness (QED) is 0.557. The number of hydrogen-bond donors (Lipinski definition) is 2. The molecule has 0 spiro atoms. The minimum Gasteiger partial charge on any atom is -0.507 e. The fraction of sp³-hybridized carbons (Fsp3) is 0.296. The van der Waals surface area contributed by atoms with E-state index in [2.05, 4.69) is 4.90 Å². The van der Waals surface area contributed by atoms with Crippen LogP contribution in [0.5, 0.6) is 5.75 Å². The van der Waals surface area contributed by atoms with Crippen molar-refractivity contribution in [1.29, 1.82) is 0 Å². The molecule has 3 aromatic rings. The van der Waals surface area contributed by atoms with Gasteiger partial charge in [0.2, 0.25) is 0 Å². The lowest BCUT2D eigenvalue weighted by Crippen LogP contribution is -2.40. The first kappa shape index (κ1) is 24.2. The van der Waals surface area contributed by atoms with Crippen molar-refractivity contribution in [3.05, 3.63) is 87.6 Å². The van der Waals surface area contributed by atoms with Crippen LogP contribution in [0.1, 0.15) is 18.9 Å². The second kappa shape index (κ2) is 8.87. The van der Waals surface area contributed by atoms with Crippen molar-refractivity contribution >= 4 is 17.2 Å². The van der Waals surface area contributed by atoms with E-state index in [0.29, 0.717) is 39.5 Å². The molecule has 5 rings (SSSR count). The van der Waals surface area contributed by atoms with E-state index in [1.807, 2.05) is 31.1 Å². The number of phenols is 1. The number of likely N-dealkylation sites (N-methyl/N-ethyl adjacent to an activating group) is 1. The van der Waals surface area contributed by atoms with Crippen LogP contribution in [0.2, 0.25) is 5.02 Å². The highest BCUT2D eigenvalue weighted by molar-refractivity contribution is 6.32. The Bertz CT molecular complexity index is 1470. The maximum atomic E-state index is 14.9. The summed E-state index contributed by atoms with van der Waals surface area (Å²) >= 11 is 6.52. The Morgan fingerprint density at radius 1 is 1.14 bits per heavy atom. The molecule has 7 nitrogen and oxygen atoms in total. The van der Waals surface area contributed by atoms with Gasteiger partial charge >= 0.3 is 5.69 Å². The summed E-state index contributed by atoms with van der Waals surface area (Å²) in [6, 6.07) is 7.66. The van der Waals surface area contributed by atoms with Crippen molar-refractivity contribution < 1.29 is 9.50 Å². The second-order valence-electron chi connectivity index (χ2n) is 10.0. The Morgan fingerprint density at radius 2 is 1.89 bits per heavy atom. The van der Waals surface area contributed by atoms with Gasteiger partial charge in [0.05, 0.1) is 17.3 Å². The van der Waals surface area contributed by atoms with E-state index in [4.69, 9.17) is 17.3 Å². The number of aryl methyl sites for hydroxylation is 1. The van der Waals surface area contributed by atoms with E-state index >= 15 is 0 Å². The maximum absolute atomic E-state index is 14.9. The zero-order valence-corrected chi connectivity index (χ0v) is 21.3. The van der Waals surface area contributed by atoms with E-state index in [-0.39, 0.29) is 17.0 Å². The molecule has 1 unspecified atom stereocenters. The van der Waals surface area contributed by atoms with Crippen LogP contribution in [-0.2, 0) is 7.05 Å². The van der Waals surface area contributed by atoms with Gasteiger partial charge in [0.25, 0.3) is 0 Å². The van der Waals surface area contributed by atoms with E-state index in [9.17, 15) is 14.3 Å². The molecule has 9 heteroatoms. The molecule has 1 atom stereocenters. The smallest absolute Gasteiger partial charge is 0.332 e. The number of halogens is 2. The number of phenolic OH excluding ortho intramolecular Hbond substituents is 1. The first-order valence-electron chi connectivity index (χ1n) is 11.8. The maximum Gasteiger partial charge on any atom is 0.332 e. The lowest BCUT2D eigenvalue weighted by Gasteiger charge is -2.31. The molecule has 0 radical (unpaired) electrons. The first-order chi connectivity index (χ1) is 17.0. The summed E-state index contributed by atoms with van der Waals surface area (Å²) in [6.45, 7) is 4.36. The van der Waals surface area contributed by atoms with Gasteiger partial charge in [-0.3, -0.25) is 4.57 Å². The van der Waals surface area contributed by atoms with Gasteiger partial charge in [0.1, 0.15) is 11.6 Å². The van der Waals surface area contributed by atoms with Gasteiger partial charge in [-0.25, -0.2) is 9.18 Å². The highest BCUT2D eigenvalue weighted by Crippen LogP contribution is 2.40. The van der Waals surface area contributed by atoms with Crippen LogP contribution in [0.15, 0.2) is 65.5 Å². The molecule has 0 amide bonds. The third-order valence-electron chi connectivity index (χ3n) is 6.86. The molecule has 1 fully saturated rings. The monoisotopic (exact) mass is 509 g/mol. The standard InChI is InChI=1S/C27H29ClFN5O2/c1-27(30)6-7-33(16-27)20-10-18(14-31(2)15-20)22-13-19(29)12-21(25(22)35)17-4-5-24(23(28)11-17)34-9-8-32(3)26(34)36/h4-5,8-14,35H,6-7,15-16,30H2,1-3H3. The Hall–Kier alpha value is -3.49. The summed E-state index contributed by atoms with van der Waals surface area (Å²) < 4.78 is 17.7. The third kappa shape index (κ3) is 4.42. The van der Waals surface area contributed by atoms with Gasteiger partial charge < -0.3 is 25.2 Å².